The fourth-order valence-corrected chi connectivity index (χ4v) is 4.99. The molecule has 31 heavy (non-hydrogen) atoms. The lowest BCUT2D eigenvalue weighted by atomic mass is 9.86. The van der Waals surface area contributed by atoms with Gasteiger partial charge in [-0.05, 0) is 12.1 Å². The topological polar surface area (TPSA) is 38.3 Å². The minimum absolute atomic E-state index is 0.0763. The van der Waals surface area contributed by atoms with Crippen LogP contribution in [0.4, 0.5) is 0 Å². The number of amides is 1. The van der Waals surface area contributed by atoms with Crippen LogP contribution in [0.25, 0.3) is 0 Å². The molecule has 1 saturated heterocycles. The van der Waals surface area contributed by atoms with Crippen LogP contribution < -0.4 is 10.1 Å². The molecule has 4 nitrogen and oxygen atoms in total. The second kappa shape index (κ2) is 8.20. The number of nitrogens with zero attached hydrogens (tertiary/aromatic N) is 1. The Balaban J connectivity index is 1.29. The van der Waals surface area contributed by atoms with Crippen LogP contribution in [0, 0.1) is 0 Å². The minimum atomic E-state index is -0.326. The second-order valence-corrected chi connectivity index (χ2v) is 9.10. The van der Waals surface area contributed by atoms with Crippen LogP contribution in [0.3, 0.4) is 0 Å². The lowest BCUT2D eigenvalue weighted by Crippen LogP contribution is -2.54. The molecule has 2 heterocycles. The molecule has 0 unspecified atom stereocenters. The highest BCUT2D eigenvalue weighted by atomic mass is 16.5. The fraction of sp³-hybridized carbons (Fsp3) is 0.296. The number of para-hydroxylation sites is 2. The molecular weight excluding hydrogens is 384 g/mol. The van der Waals surface area contributed by atoms with E-state index in [2.05, 4.69) is 42.7 Å². The lowest BCUT2D eigenvalue weighted by molar-refractivity contribution is -0.927. The summed E-state index contributed by atoms with van der Waals surface area (Å²) >= 11 is 0. The molecule has 5 rings (SSSR count). The third kappa shape index (κ3) is 4.08. The average Bonchev–Trinajstić information content (AvgIpc) is 2.79. The van der Waals surface area contributed by atoms with Gasteiger partial charge in [-0.25, -0.2) is 0 Å². The summed E-state index contributed by atoms with van der Waals surface area (Å²) in [6, 6.07) is 26.7. The van der Waals surface area contributed by atoms with Crippen LogP contribution in [0.2, 0.25) is 0 Å². The predicted octanol–water partition coefficient (Wildman–Crippen LogP) is 4.85. The molecule has 158 valence electrons. The van der Waals surface area contributed by atoms with E-state index in [1.807, 2.05) is 48.5 Å². The monoisotopic (exact) mass is 413 g/mol. The largest absolute Gasteiger partial charge is 0.457 e. The number of carbonyl (C=O) groups excluding carboxylic acids is 1. The molecule has 3 aromatic carbocycles. The first-order valence-electron chi connectivity index (χ1n) is 11.1. The van der Waals surface area contributed by atoms with Gasteiger partial charge in [-0.1, -0.05) is 66.7 Å². The Hall–Kier alpha value is -3.11. The quantitative estimate of drug-likeness (QED) is 0.621. The Morgan fingerprint density at radius 2 is 1.42 bits per heavy atom. The number of fused-ring (bicyclic) bond motifs is 2. The van der Waals surface area contributed by atoms with Crippen molar-refractivity contribution in [3.63, 3.8) is 0 Å². The molecule has 0 radical (unpaired) electrons. The second-order valence-electron chi connectivity index (χ2n) is 9.10. The number of quaternary nitrogens is 1. The number of hydrogen-bond acceptors (Lipinski definition) is 2. The van der Waals surface area contributed by atoms with Gasteiger partial charge in [0.15, 0.2) is 0 Å². The Morgan fingerprint density at radius 1 is 0.871 bits per heavy atom. The summed E-state index contributed by atoms with van der Waals surface area (Å²) in [5.41, 5.74) is 3.27. The third-order valence-corrected chi connectivity index (χ3v) is 6.73. The number of rotatable bonds is 4. The number of ether oxygens (including phenoxy) is 1. The molecule has 0 saturated carbocycles. The number of likely N-dealkylation sites (tertiary alicyclic amines) is 1. The molecule has 1 amide bonds. The zero-order chi connectivity index (χ0) is 21.3. The van der Waals surface area contributed by atoms with Gasteiger partial charge < -0.3 is 14.5 Å². The van der Waals surface area contributed by atoms with Crippen LogP contribution in [0.5, 0.6) is 11.5 Å². The number of benzene rings is 3. The summed E-state index contributed by atoms with van der Waals surface area (Å²) in [4.78, 5) is 13.5. The van der Waals surface area contributed by atoms with Crippen LogP contribution in [0.1, 0.15) is 35.4 Å². The van der Waals surface area contributed by atoms with E-state index in [9.17, 15) is 4.79 Å². The Bertz CT molecular complexity index is 1030. The molecule has 0 atom stereocenters. The molecule has 0 aliphatic carbocycles. The summed E-state index contributed by atoms with van der Waals surface area (Å²) in [6.45, 7) is 3.18. The van der Waals surface area contributed by atoms with Gasteiger partial charge in [0.1, 0.15) is 18.0 Å². The van der Waals surface area contributed by atoms with E-state index in [0.29, 0.717) is 0 Å². The van der Waals surface area contributed by atoms with E-state index >= 15 is 0 Å². The minimum Gasteiger partial charge on any atom is -0.457 e. The summed E-state index contributed by atoms with van der Waals surface area (Å²) in [6.07, 6.45) is 2.00. The van der Waals surface area contributed by atoms with Gasteiger partial charge in [0.25, 0.3) is 0 Å². The molecule has 4 heteroatoms. The van der Waals surface area contributed by atoms with Crippen molar-refractivity contribution in [1.82, 2.24) is 5.32 Å². The molecule has 0 aromatic heterocycles. The van der Waals surface area contributed by atoms with E-state index in [0.717, 1.165) is 59.6 Å². The summed E-state index contributed by atoms with van der Waals surface area (Å²) in [7, 11) is 2.33. The molecule has 0 spiro atoms. The number of hydrogen-bond donors (Lipinski definition) is 1. The first-order chi connectivity index (χ1) is 15.1. The van der Waals surface area contributed by atoms with Crippen molar-refractivity contribution < 1.29 is 14.0 Å². The molecule has 1 fully saturated rings. The Morgan fingerprint density at radius 3 is 2.03 bits per heavy atom. The smallest absolute Gasteiger partial charge is 0.232 e. The maximum absolute atomic E-state index is 13.5. The number of nitrogens with one attached hydrogen (secondary N) is 1. The molecular formula is C27H29N2O2+. The SMILES string of the molecule is C[N+]1(Cc2ccccc2)CCC(NC(=O)C2c3ccccc3Oc3ccccc32)CC1. The molecule has 0 bridgehead atoms. The van der Waals surface area contributed by atoms with E-state index in [4.69, 9.17) is 4.74 Å². The first kappa shape index (κ1) is 19.8. The van der Waals surface area contributed by atoms with Gasteiger partial charge in [-0.2, -0.15) is 0 Å². The van der Waals surface area contributed by atoms with Crippen molar-refractivity contribution >= 4 is 5.91 Å². The third-order valence-electron chi connectivity index (χ3n) is 6.73. The van der Waals surface area contributed by atoms with E-state index < -0.39 is 0 Å². The Labute approximate surface area is 184 Å². The molecule has 1 N–H and O–H groups in total. The maximum atomic E-state index is 13.5. The van der Waals surface area contributed by atoms with Gasteiger partial charge >= 0.3 is 0 Å². The van der Waals surface area contributed by atoms with Gasteiger partial charge in [-0.15, -0.1) is 0 Å². The Kier molecular flexibility index (Phi) is 5.24. The molecule has 2 aliphatic rings. The fourth-order valence-electron chi connectivity index (χ4n) is 4.99. The standard InChI is InChI=1S/C27H28N2O2/c1-29(19-20-9-3-2-4-10-20)17-15-21(16-18-29)28-27(30)26-22-11-5-7-13-24(22)31-25-14-8-6-12-23(25)26/h2-14,21,26H,15-19H2,1H3/p+1. The average molecular weight is 414 g/mol. The van der Waals surface area contributed by atoms with Crippen LogP contribution in [-0.4, -0.2) is 36.6 Å². The van der Waals surface area contributed by atoms with Crippen LogP contribution in [-0.2, 0) is 11.3 Å². The highest BCUT2D eigenvalue weighted by molar-refractivity contribution is 5.89. The van der Waals surface area contributed by atoms with E-state index in [1.165, 1.54) is 5.56 Å². The first-order valence-corrected chi connectivity index (χ1v) is 11.1. The summed E-state index contributed by atoms with van der Waals surface area (Å²) in [5, 5.41) is 3.37. The van der Waals surface area contributed by atoms with Crippen molar-refractivity contribution in [3.8, 4) is 11.5 Å². The van der Waals surface area contributed by atoms with Crippen molar-refractivity contribution in [3.05, 3.63) is 95.6 Å². The highest BCUT2D eigenvalue weighted by Gasteiger charge is 2.36. The van der Waals surface area contributed by atoms with Crippen LogP contribution in [0.15, 0.2) is 78.9 Å². The molecule has 3 aromatic rings. The number of carbonyl (C=O) groups is 1. The van der Waals surface area contributed by atoms with Gasteiger partial charge in [0.05, 0.1) is 26.1 Å². The highest BCUT2D eigenvalue weighted by Crippen LogP contribution is 2.44. The van der Waals surface area contributed by atoms with Gasteiger partial charge in [0.2, 0.25) is 5.91 Å². The van der Waals surface area contributed by atoms with E-state index in [-0.39, 0.29) is 17.9 Å². The van der Waals surface area contributed by atoms with Gasteiger partial charge in [0, 0.05) is 35.6 Å². The van der Waals surface area contributed by atoms with Gasteiger partial charge in [-0.3, -0.25) is 4.79 Å². The lowest BCUT2D eigenvalue weighted by Gasteiger charge is -2.41. The number of piperidine rings is 1. The summed E-state index contributed by atoms with van der Waals surface area (Å²) in [5.74, 6) is 1.30. The van der Waals surface area contributed by atoms with Crippen LogP contribution >= 0.6 is 0 Å². The van der Waals surface area contributed by atoms with Crippen molar-refractivity contribution in [2.75, 3.05) is 20.1 Å². The van der Waals surface area contributed by atoms with Crippen molar-refractivity contribution in [2.45, 2.75) is 31.3 Å². The normalized spacial score (nSPS) is 22.7. The summed E-state index contributed by atoms with van der Waals surface area (Å²) < 4.78 is 7.08. The van der Waals surface area contributed by atoms with Crippen molar-refractivity contribution in [2.24, 2.45) is 0 Å². The molecule has 2 aliphatic heterocycles. The zero-order valence-corrected chi connectivity index (χ0v) is 18.0. The van der Waals surface area contributed by atoms with E-state index in [1.54, 1.807) is 0 Å². The maximum Gasteiger partial charge on any atom is 0.232 e. The zero-order valence-electron chi connectivity index (χ0n) is 18.0. The predicted molar refractivity (Wildman–Crippen MR) is 122 cm³/mol. The van der Waals surface area contributed by atoms with Crippen molar-refractivity contribution in [1.29, 1.82) is 0 Å².